The molecule has 0 aliphatic carbocycles. The number of benzene rings is 1. The van der Waals surface area contributed by atoms with Gasteiger partial charge in [0.1, 0.15) is 0 Å². The van der Waals surface area contributed by atoms with Crippen LogP contribution >= 0.6 is 35.4 Å². The van der Waals surface area contributed by atoms with Crippen LogP contribution in [-0.2, 0) is 4.74 Å². The van der Waals surface area contributed by atoms with Gasteiger partial charge in [0.05, 0.1) is 33.7 Å². The topological polar surface area (TPSA) is 29.9 Å². The van der Waals surface area contributed by atoms with Crippen molar-refractivity contribution in [1.29, 1.82) is 0 Å². The van der Waals surface area contributed by atoms with Gasteiger partial charge >= 0.3 is 0 Å². The third-order valence-corrected chi connectivity index (χ3v) is 3.97. The van der Waals surface area contributed by atoms with Crippen molar-refractivity contribution in [2.75, 3.05) is 13.7 Å². The van der Waals surface area contributed by atoms with E-state index < -0.39 is 0 Å². The molecule has 0 bridgehead atoms. The molecule has 0 saturated heterocycles. The molecule has 1 heterocycles. The Labute approximate surface area is 121 Å². The highest BCUT2D eigenvalue weighted by Gasteiger charge is 2.15. The third-order valence-electron chi connectivity index (χ3n) is 2.95. The zero-order chi connectivity index (χ0) is 13.3. The Balaban J connectivity index is 2.66. The van der Waals surface area contributed by atoms with Gasteiger partial charge in [-0.05, 0) is 30.8 Å². The van der Waals surface area contributed by atoms with E-state index in [-0.39, 0.29) is 6.04 Å². The van der Waals surface area contributed by atoms with Crippen LogP contribution in [0.4, 0.5) is 0 Å². The molecule has 1 N–H and O–H groups in total. The summed E-state index contributed by atoms with van der Waals surface area (Å²) < 4.78 is 7.93. The van der Waals surface area contributed by atoms with E-state index in [1.807, 2.05) is 10.6 Å². The maximum Gasteiger partial charge on any atom is 0.178 e. The summed E-state index contributed by atoms with van der Waals surface area (Å²) in [5.41, 5.74) is 1.85. The molecule has 98 valence electrons. The van der Waals surface area contributed by atoms with Crippen LogP contribution in [0.15, 0.2) is 12.1 Å². The first-order chi connectivity index (χ1) is 8.58. The SMILES string of the molecule is CCC(COC)n1c(=S)[nH]c2cc(Cl)c(Cl)cc21. The molecule has 0 aliphatic rings. The van der Waals surface area contributed by atoms with Crippen molar-refractivity contribution in [1.82, 2.24) is 9.55 Å². The number of aromatic nitrogens is 2. The average Bonchev–Trinajstić information content (AvgIpc) is 2.63. The lowest BCUT2D eigenvalue weighted by Gasteiger charge is -2.16. The minimum absolute atomic E-state index is 0.188. The Bertz CT molecular complexity index is 620. The van der Waals surface area contributed by atoms with Crippen molar-refractivity contribution in [2.24, 2.45) is 0 Å². The minimum Gasteiger partial charge on any atom is -0.383 e. The summed E-state index contributed by atoms with van der Waals surface area (Å²) in [6, 6.07) is 3.82. The van der Waals surface area contributed by atoms with Crippen molar-refractivity contribution in [3.05, 3.63) is 26.9 Å². The van der Waals surface area contributed by atoms with Gasteiger partial charge in [0.15, 0.2) is 4.77 Å². The van der Waals surface area contributed by atoms with E-state index in [4.69, 9.17) is 40.2 Å². The largest absolute Gasteiger partial charge is 0.383 e. The van der Waals surface area contributed by atoms with Crippen LogP contribution in [-0.4, -0.2) is 23.3 Å². The molecule has 1 atom stereocenters. The van der Waals surface area contributed by atoms with Crippen LogP contribution in [0.1, 0.15) is 19.4 Å². The highest BCUT2D eigenvalue weighted by atomic mass is 35.5. The molecule has 0 amide bonds. The van der Waals surface area contributed by atoms with E-state index in [0.717, 1.165) is 17.5 Å². The number of H-pyrrole nitrogens is 1. The van der Waals surface area contributed by atoms with Gasteiger partial charge in [-0.2, -0.15) is 0 Å². The first kappa shape index (κ1) is 13.9. The van der Waals surface area contributed by atoms with Gasteiger partial charge in [-0.15, -0.1) is 0 Å². The van der Waals surface area contributed by atoms with Gasteiger partial charge in [0, 0.05) is 7.11 Å². The predicted octanol–water partition coefficient (Wildman–Crippen LogP) is 4.60. The van der Waals surface area contributed by atoms with E-state index in [9.17, 15) is 0 Å². The summed E-state index contributed by atoms with van der Waals surface area (Å²) in [5.74, 6) is 0. The summed E-state index contributed by atoms with van der Waals surface area (Å²) in [4.78, 5) is 3.15. The van der Waals surface area contributed by atoms with E-state index in [1.165, 1.54) is 0 Å². The monoisotopic (exact) mass is 304 g/mol. The van der Waals surface area contributed by atoms with E-state index in [2.05, 4.69) is 11.9 Å². The molecule has 18 heavy (non-hydrogen) atoms. The second kappa shape index (κ2) is 5.61. The van der Waals surface area contributed by atoms with Gasteiger partial charge in [-0.3, -0.25) is 0 Å². The number of fused-ring (bicyclic) bond motifs is 1. The number of ether oxygens (including phenoxy) is 1. The zero-order valence-electron chi connectivity index (χ0n) is 10.2. The minimum atomic E-state index is 0.188. The summed E-state index contributed by atoms with van der Waals surface area (Å²) in [7, 11) is 1.69. The molecular weight excluding hydrogens is 291 g/mol. The first-order valence-corrected chi connectivity index (χ1v) is 6.83. The predicted molar refractivity (Wildman–Crippen MR) is 78.3 cm³/mol. The number of rotatable bonds is 4. The number of aromatic amines is 1. The lowest BCUT2D eigenvalue weighted by molar-refractivity contribution is 0.154. The van der Waals surface area contributed by atoms with Gasteiger partial charge in [0.25, 0.3) is 0 Å². The first-order valence-electron chi connectivity index (χ1n) is 5.66. The number of hydrogen-bond donors (Lipinski definition) is 1. The highest BCUT2D eigenvalue weighted by molar-refractivity contribution is 7.71. The molecule has 1 unspecified atom stereocenters. The van der Waals surface area contributed by atoms with Crippen molar-refractivity contribution < 1.29 is 4.74 Å². The zero-order valence-corrected chi connectivity index (χ0v) is 12.5. The summed E-state index contributed by atoms with van der Waals surface area (Å²) in [5, 5.41) is 1.05. The van der Waals surface area contributed by atoms with E-state index in [1.54, 1.807) is 13.2 Å². The fourth-order valence-electron chi connectivity index (χ4n) is 2.05. The number of imidazole rings is 1. The molecule has 0 fully saturated rings. The van der Waals surface area contributed by atoms with Crippen LogP contribution in [0.2, 0.25) is 10.0 Å². The lowest BCUT2D eigenvalue weighted by atomic mass is 10.2. The molecule has 2 aromatic rings. The number of nitrogens with one attached hydrogen (secondary N) is 1. The van der Waals surface area contributed by atoms with Crippen molar-refractivity contribution in [2.45, 2.75) is 19.4 Å². The molecular formula is C12H14Cl2N2OS. The number of hydrogen-bond acceptors (Lipinski definition) is 2. The van der Waals surface area contributed by atoms with Gasteiger partial charge in [-0.1, -0.05) is 30.1 Å². The molecule has 0 saturated carbocycles. The molecule has 2 rings (SSSR count). The molecule has 1 aromatic carbocycles. The van der Waals surface area contributed by atoms with Crippen LogP contribution in [0, 0.1) is 4.77 Å². The summed E-state index contributed by atoms with van der Waals surface area (Å²) in [6.45, 7) is 2.71. The summed E-state index contributed by atoms with van der Waals surface area (Å²) >= 11 is 17.4. The smallest absolute Gasteiger partial charge is 0.178 e. The van der Waals surface area contributed by atoms with Crippen molar-refractivity contribution >= 4 is 46.5 Å². The maximum atomic E-state index is 6.07. The Morgan fingerprint density at radius 2 is 2.06 bits per heavy atom. The Kier molecular flexibility index (Phi) is 4.33. The molecule has 0 aliphatic heterocycles. The third kappa shape index (κ3) is 2.43. The van der Waals surface area contributed by atoms with Crippen LogP contribution in [0.3, 0.4) is 0 Å². The average molecular weight is 305 g/mol. The van der Waals surface area contributed by atoms with Gasteiger partial charge in [-0.25, -0.2) is 0 Å². The second-order valence-electron chi connectivity index (χ2n) is 4.10. The quantitative estimate of drug-likeness (QED) is 0.836. The fraction of sp³-hybridized carbons (Fsp3) is 0.417. The summed E-state index contributed by atoms with van der Waals surface area (Å²) in [6.07, 6.45) is 0.926. The normalized spacial score (nSPS) is 13.1. The number of methoxy groups -OCH3 is 1. The fourth-order valence-corrected chi connectivity index (χ4v) is 2.73. The number of halogens is 2. The Morgan fingerprint density at radius 3 is 2.67 bits per heavy atom. The molecule has 0 radical (unpaired) electrons. The van der Waals surface area contributed by atoms with Gasteiger partial charge < -0.3 is 14.3 Å². The maximum absolute atomic E-state index is 6.07. The van der Waals surface area contributed by atoms with Gasteiger partial charge in [0.2, 0.25) is 0 Å². The second-order valence-corrected chi connectivity index (χ2v) is 5.30. The lowest BCUT2D eigenvalue weighted by Crippen LogP contribution is -2.13. The van der Waals surface area contributed by atoms with Crippen LogP contribution in [0.5, 0.6) is 0 Å². The Morgan fingerprint density at radius 1 is 1.39 bits per heavy atom. The van der Waals surface area contributed by atoms with Crippen LogP contribution in [0.25, 0.3) is 11.0 Å². The molecule has 3 nitrogen and oxygen atoms in total. The van der Waals surface area contributed by atoms with E-state index >= 15 is 0 Å². The molecule has 0 spiro atoms. The van der Waals surface area contributed by atoms with Crippen molar-refractivity contribution in [3.63, 3.8) is 0 Å². The highest BCUT2D eigenvalue weighted by Crippen LogP contribution is 2.29. The van der Waals surface area contributed by atoms with Crippen LogP contribution < -0.4 is 0 Å². The number of nitrogens with zero attached hydrogens (tertiary/aromatic N) is 1. The van der Waals surface area contributed by atoms with Crippen molar-refractivity contribution in [3.8, 4) is 0 Å². The van der Waals surface area contributed by atoms with E-state index in [0.29, 0.717) is 21.4 Å². The molecule has 6 heteroatoms. The standard InChI is InChI=1S/C12H14Cl2N2OS/c1-3-7(6-17-2)16-11-5-9(14)8(13)4-10(11)15-12(16)18/h4-5,7H,3,6H2,1-2H3,(H,15,18). The molecule has 1 aromatic heterocycles. The Hall–Kier alpha value is -0.550.